The van der Waals surface area contributed by atoms with Crippen molar-refractivity contribution in [3.63, 3.8) is 0 Å². The number of hydrogen-bond donors (Lipinski definition) is 1. The first-order valence-electron chi connectivity index (χ1n) is 6.89. The molecule has 0 heterocycles. The Kier molecular flexibility index (Phi) is 4.91. The van der Waals surface area contributed by atoms with Crippen molar-refractivity contribution in [1.29, 1.82) is 0 Å². The van der Waals surface area contributed by atoms with E-state index in [0.717, 1.165) is 23.2 Å². The van der Waals surface area contributed by atoms with Crippen LogP contribution in [0.1, 0.15) is 29.7 Å². The molecule has 1 atom stereocenters. The molecule has 2 aromatic rings. The Hall–Kier alpha value is -1.94. The maximum absolute atomic E-state index is 13.6. The van der Waals surface area contributed by atoms with Crippen molar-refractivity contribution in [2.45, 2.75) is 19.9 Å². The summed E-state index contributed by atoms with van der Waals surface area (Å²) < 4.78 is 31.9. The van der Waals surface area contributed by atoms with E-state index in [9.17, 15) is 8.78 Å². The van der Waals surface area contributed by atoms with Gasteiger partial charge in [-0.05, 0) is 54.4 Å². The van der Waals surface area contributed by atoms with Crippen LogP contribution in [-0.2, 0) is 0 Å². The number of halogens is 2. The van der Waals surface area contributed by atoms with E-state index in [2.05, 4.69) is 5.32 Å². The molecule has 0 radical (unpaired) electrons. The predicted octanol–water partition coefficient (Wildman–Crippen LogP) is 3.98. The Morgan fingerprint density at radius 3 is 2.52 bits per heavy atom. The Balaban J connectivity index is 2.47. The lowest BCUT2D eigenvalue weighted by molar-refractivity contribution is 0.385. The van der Waals surface area contributed by atoms with Gasteiger partial charge in [-0.2, -0.15) is 0 Å². The van der Waals surface area contributed by atoms with E-state index < -0.39 is 5.82 Å². The van der Waals surface area contributed by atoms with Crippen LogP contribution in [0.2, 0.25) is 0 Å². The van der Waals surface area contributed by atoms with E-state index in [0.29, 0.717) is 0 Å². The van der Waals surface area contributed by atoms with Crippen LogP contribution in [0, 0.1) is 18.6 Å². The summed E-state index contributed by atoms with van der Waals surface area (Å²) in [5.41, 5.74) is 2.70. The summed E-state index contributed by atoms with van der Waals surface area (Å²) in [7, 11) is 1.44. The quantitative estimate of drug-likeness (QED) is 0.899. The molecule has 0 aliphatic heterocycles. The summed E-state index contributed by atoms with van der Waals surface area (Å²) >= 11 is 0. The first-order chi connectivity index (χ1) is 10.1. The molecule has 2 nitrogen and oxygen atoms in total. The Morgan fingerprint density at radius 2 is 1.90 bits per heavy atom. The summed E-state index contributed by atoms with van der Waals surface area (Å²) in [4.78, 5) is 0. The van der Waals surface area contributed by atoms with Crippen LogP contribution in [-0.4, -0.2) is 13.7 Å². The van der Waals surface area contributed by atoms with E-state index in [1.165, 1.54) is 25.3 Å². The Morgan fingerprint density at radius 1 is 1.14 bits per heavy atom. The Labute approximate surface area is 123 Å². The summed E-state index contributed by atoms with van der Waals surface area (Å²) in [5, 5.41) is 3.35. The third kappa shape index (κ3) is 3.39. The number of methoxy groups -OCH3 is 1. The average molecular weight is 291 g/mol. The molecule has 0 aliphatic rings. The second-order valence-electron chi connectivity index (χ2n) is 4.89. The minimum Gasteiger partial charge on any atom is -0.494 e. The van der Waals surface area contributed by atoms with E-state index in [1.54, 1.807) is 18.2 Å². The summed E-state index contributed by atoms with van der Waals surface area (Å²) in [5.74, 6) is -0.453. The zero-order valence-electron chi connectivity index (χ0n) is 12.4. The topological polar surface area (TPSA) is 21.3 Å². The summed E-state index contributed by atoms with van der Waals surface area (Å²) in [6, 6.07) is 9.34. The number of nitrogens with one attached hydrogen (secondary N) is 1. The van der Waals surface area contributed by atoms with Crippen molar-refractivity contribution < 1.29 is 13.5 Å². The summed E-state index contributed by atoms with van der Waals surface area (Å²) in [6.07, 6.45) is 0. The molecule has 0 amide bonds. The molecular weight excluding hydrogens is 272 g/mol. The second-order valence-corrected chi connectivity index (χ2v) is 4.89. The molecule has 0 saturated heterocycles. The van der Waals surface area contributed by atoms with Gasteiger partial charge in [0.25, 0.3) is 0 Å². The minimum absolute atomic E-state index is 0.134. The Bertz CT molecular complexity index is 628. The van der Waals surface area contributed by atoms with Gasteiger partial charge in [0, 0.05) is 0 Å². The maximum Gasteiger partial charge on any atom is 0.165 e. The number of aryl methyl sites for hydroxylation is 1. The van der Waals surface area contributed by atoms with Crippen LogP contribution in [0.3, 0.4) is 0 Å². The highest BCUT2D eigenvalue weighted by molar-refractivity contribution is 5.40. The number of ether oxygens (including phenoxy) is 1. The van der Waals surface area contributed by atoms with Gasteiger partial charge in [0.15, 0.2) is 11.6 Å². The van der Waals surface area contributed by atoms with Crippen LogP contribution >= 0.6 is 0 Å². The number of benzene rings is 2. The van der Waals surface area contributed by atoms with E-state index in [1.807, 2.05) is 13.8 Å². The van der Waals surface area contributed by atoms with Crippen LogP contribution in [0.25, 0.3) is 0 Å². The third-order valence-corrected chi connectivity index (χ3v) is 3.46. The molecule has 2 rings (SSSR count). The lowest BCUT2D eigenvalue weighted by Crippen LogP contribution is -2.23. The van der Waals surface area contributed by atoms with Crippen LogP contribution in [0.15, 0.2) is 36.4 Å². The zero-order chi connectivity index (χ0) is 15.4. The van der Waals surface area contributed by atoms with Gasteiger partial charge in [0.2, 0.25) is 0 Å². The zero-order valence-corrected chi connectivity index (χ0v) is 12.4. The van der Waals surface area contributed by atoms with Gasteiger partial charge in [0.1, 0.15) is 5.82 Å². The van der Waals surface area contributed by atoms with Crippen molar-refractivity contribution >= 4 is 0 Å². The number of hydrogen-bond acceptors (Lipinski definition) is 2. The maximum atomic E-state index is 13.6. The average Bonchev–Trinajstić information content (AvgIpc) is 2.46. The smallest absolute Gasteiger partial charge is 0.165 e. The van der Waals surface area contributed by atoms with Gasteiger partial charge >= 0.3 is 0 Å². The minimum atomic E-state index is -0.396. The molecule has 21 heavy (non-hydrogen) atoms. The van der Waals surface area contributed by atoms with Crippen molar-refractivity contribution in [1.82, 2.24) is 5.32 Å². The molecule has 0 bridgehead atoms. The lowest BCUT2D eigenvalue weighted by Gasteiger charge is -2.21. The van der Waals surface area contributed by atoms with Gasteiger partial charge in [-0.3, -0.25) is 0 Å². The van der Waals surface area contributed by atoms with E-state index in [-0.39, 0.29) is 17.6 Å². The largest absolute Gasteiger partial charge is 0.494 e. The van der Waals surface area contributed by atoms with Crippen molar-refractivity contribution in [2.75, 3.05) is 13.7 Å². The normalized spacial score (nSPS) is 12.2. The van der Waals surface area contributed by atoms with E-state index in [4.69, 9.17) is 4.74 Å². The molecular formula is C17H19F2NO. The molecule has 0 spiro atoms. The van der Waals surface area contributed by atoms with Crippen molar-refractivity contribution in [3.8, 4) is 5.75 Å². The lowest BCUT2D eigenvalue weighted by atomic mass is 9.94. The van der Waals surface area contributed by atoms with Crippen LogP contribution in [0.4, 0.5) is 8.78 Å². The highest BCUT2D eigenvalue weighted by Gasteiger charge is 2.17. The highest BCUT2D eigenvalue weighted by Crippen LogP contribution is 2.29. The van der Waals surface area contributed by atoms with Crippen molar-refractivity contribution in [3.05, 3.63) is 64.7 Å². The third-order valence-electron chi connectivity index (χ3n) is 3.46. The molecule has 4 heteroatoms. The molecule has 0 aliphatic carbocycles. The fourth-order valence-electron chi connectivity index (χ4n) is 2.43. The van der Waals surface area contributed by atoms with Gasteiger partial charge in [-0.25, -0.2) is 8.78 Å². The molecule has 112 valence electrons. The van der Waals surface area contributed by atoms with Crippen LogP contribution in [0.5, 0.6) is 5.75 Å². The molecule has 0 aromatic heterocycles. The van der Waals surface area contributed by atoms with Crippen molar-refractivity contribution in [2.24, 2.45) is 0 Å². The fourth-order valence-corrected chi connectivity index (χ4v) is 2.43. The first kappa shape index (κ1) is 15.4. The van der Waals surface area contributed by atoms with E-state index >= 15 is 0 Å². The summed E-state index contributed by atoms with van der Waals surface area (Å²) in [6.45, 7) is 4.59. The number of rotatable bonds is 5. The molecule has 1 N–H and O–H groups in total. The standard InChI is InChI=1S/C17H19F2NO/c1-4-20-17(14-7-6-13(18)9-11(14)2)12-5-8-15(19)16(10-12)21-3/h5-10,17,20H,4H2,1-3H3. The second kappa shape index (κ2) is 6.68. The van der Waals surface area contributed by atoms with Gasteiger partial charge in [-0.1, -0.05) is 19.1 Å². The van der Waals surface area contributed by atoms with Gasteiger partial charge < -0.3 is 10.1 Å². The fraction of sp³-hybridized carbons (Fsp3) is 0.294. The molecule has 1 unspecified atom stereocenters. The van der Waals surface area contributed by atoms with Gasteiger partial charge in [0.05, 0.1) is 13.2 Å². The van der Waals surface area contributed by atoms with Crippen LogP contribution < -0.4 is 10.1 Å². The molecule has 2 aromatic carbocycles. The first-order valence-corrected chi connectivity index (χ1v) is 6.89. The monoisotopic (exact) mass is 291 g/mol. The predicted molar refractivity (Wildman–Crippen MR) is 79.6 cm³/mol. The highest BCUT2D eigenvalue weighted by atomic mass is 19.1. The SMILES string of the molecule is CCNC(c1ccc(F)c(OC)c1)c1ccc(F)cc1C. The molecule has 0 fully saturated rings. The molecule has 0 saturated carbocycles. The van der Waals surface area contributed by atoms with Gasteiger partial charge in [-0.15, -0.1) is 0 Å².